The van der Waals surface area contributed by atoms with Crippen LogP contribution in [0.2, 0.25) is 0 Å². The van der Waals surface area contributed by atoms with E-state index in [1.165, 1.54) is 24.3 Å². The number of nitrogens with two attached hydrogens (primary N) is 1. The van der Waals surface area contributed by atoms with Crippen molar-refractivity contribution in [2.75, 3.05) is 17.2 Å². The van der Waals surface area contributed by atoms with Crippen LogP contribution in [0, 0.1) is 5.92 Å². The van der Waals surface area contributed by atoms with Crippen molar-refractivity contribution in [1.82, 2.24) is 9.55 Å². The van der Waals surface area contributed by atoms with Crippen LogP contribution in [-0.4, -0.2) is 26.2 Å². The molecule has 3 rings (SSSR count). The second-order valence-corrected chi connectivity index (χ2v) is 6.33. The summed E-state index contributed by atoms with van der Waals surface area (Å²) in [5.74, 6) is 3.94. The third-order valence-electron chi connectivity index (χ3n) is 3.77. The van der Waals surface area contributed by atoms with Crippen LogP contribution in [0.4, 0.5) is 5.69 Å². The quantitative estimate of drug-likeness (QED) is 0.845. The molecule has 1 fully saturated rings. The molecule has 5 heteroatoms. The zero-order valence-corrected chi connectivity index (χ0v) is 11.7. The van der Waals surface area contributed by atoms with E-state index < -0.39 is 0 Å². The molecule has 0 amide bonds. The third-order valence-corrected chi connectivity index (χ3v) is 4.82. The number of aliphatic hydroxyl groups excluding tert-OH is 1. The molecule has 1 saturated heterocycles. The van der Waals surface area contributed by atoms with Crippen LogP contribution in [0.5, 0.6) is 0 Å². The minimum absolute atomic E-state index is 0.0178. The number of rotatable bonds is 3. The Morgan fingerprint density at radius 2 is 2.16 bits per heavy atom. The number of hydrogen-bond donors (Lipinski definition) is 2. The van der Waals surface area contributed by atoms with Gasteiger partial charge in [-0.1, -0.05) is 0 Å². The van der Waals surface area contributed by atoms with Crippen molar-refractivity contribution in [2.24, 2.45) is 5.92 Å². The maximum Gasteiger partial charge on any atom is 0.135 e. The molecule has 2 aromatic rings. The van der Waals surface area contributed by atoms with E-state index in [4.69, 9.17) is 5.73 Å². The first-order valence-corrected chi connectivity index (χ1v) is 7.86. The summed E-state index contributed by atoms with van der Waals surface area (Å²) in [6.45, 7) is 0.937. The topological polar surface area (TPSA) is 64.1 Å². The predicted octanol–water partition coefficient (Wildman–Crippen LogP) is 2.25. The molecule has 1 aliphatic heterocycles. The average Bonchev–Trinajstić information content (AvgIpc) is 2.77. The van der Waals surface area contributed by atoms with Crippen molar-refractivity contribution in [3.63, 3.8) is 0 Å². The van der Waals surface area contributed by atoms with Gasteiger partial charge in [-0.2, -0.15) is 11.8 Å². The van der Waals surface area contributed by atoms with Crippen molar-refractivity contribution in [3.05, 3.63) is 24.0 Å². The molecule has 0 saturated carbocycles. The number of hydrogen-bond acceptors (Lipinski definition) is 4. The number of imidazole rings is 1. The smallest absolute Gasteiger partial charge is 0.135 e. The van der Waals surface area contributed by atoms with Crippen molar-refractivity contribution in [2.45, 2.75) is 26.0 Å². The Labute approximate surface area is 117 Å². The van der Waals surface area contributed by atoms with Gasteiger partial charge in [-0.3, -0.25) is 0 Å². The highest BCUT2D eigenvalue weighted by Gasteiger charge is 2.18. The van der Waals surface area contributed by atoms with E-state index in [1.54, 1.807) is 0 Å². The molecule has 102 valence electrons. The summed E-state index contributed by atoms with van der Waals surface area (Å²) in [5.41, 5.74) is 8.48. The lowest BCUT2D eigenvalue weighted by Gasteiger charge is -2.22. The lowest BCUT2D eigenvalue weighted by Crippen LogP contribution is -2.17. The van der Waals surface area contributed by atoms with Crippen LogP contribution in [0.25, 0.3) is 11.0 Å². The van der Waals surface area contributed by atoms with E-state index in [9.17, 15) is 5.11 Å². The first-order valence-electron chi connectivity index (χ1n) is 6.71. The highest BCUT2D eigenvalue weighted by molar-refractivity contribution is 7.99. The Bertz CT molecular complexity index is 575. The van der Waals surface area contributed by atoms with Crippen LogP contribution in [0.1, 0.15) is 18.7 Å². The van der Waals surface area contributed by atoms with Crippen molar-refractivity contribution in [3.8, 4) is 0 Å². The zero-order chi connectivity index (χ0) is 13.2. The van der Waals surface area contributed by atoms with Crippen LogP contribution in [0.3, 0.4) is 0 Å². The lowest BCUT2D eigenvalue weighted by atomic mass is 10.0. The van der Waals surface area contributed by atoms with E-state index in [2.05, 4.69) is 9.55 Å². The number of anilines is 1. The van der Waals surface area contributed by atoms with Gasteiger partial charge in [0.25, 0.3) is 0 Å². The fourth-order valence-corrected chi connectivity index (χ4v) is 3.91. The first-order chi connectivity index (χ1) is 9.28. The van der Waals surface area contributed by atoms with E-state index in [-0.39, 0.29) is 6.61 Å². The van der Waals surface area contributed by atoms with Crippen LogP contribution in [0.15, 0.2) is 18.2 Å². The lowest BCUT2D eigenvalue weighted by molar-refractivity contribution is 0.261. The largest absolute Gasteiger partial charge is 0.399 e. The summed E-state index contributed by atoms with van der Waals surface area (Å²) in [5, 5.41) is 9.50. The van der Waals surface area contributed by atoms with Gasteiger partial charge in [-0.25, -0.2) is 4.98 Å². The Hall–Kier alpha value is -1.20. The van der Waals surface area contributed by atoms with Crippen LogP contribution >= 0.6 is 11.8 Å². The average molecular weight is 277 g/mol. The number of fused-ring (bicyclic) bond motifs is 1. The molecule has 0 unspecified atom stereocenters. The molecule has 3 N–H and O–H groups in total. The Kier molecular flexibility index (Phi) is 3.66. The summed E-state index contributed by atoms with van der Waals surface area (Å²) < 4.78 is 2.16. The maximum atomic E-state index is 9.50. The highest BCUT2D eigenvalue weighted by Crippen LogP contribution is 2.27. The molecule has 0 radical (unpaired) electrons. The van der Waals surface area contributed by atoms with E-state index >= 15 is 0 Å². The number of benzene rings is 1. The molecule has 0 atom stereocenters. The van der Waals surface area contributed by atoms with Crippen molar-refractivity contribution < 1.29 is 5.11 Å². The molecule has 4 nitrogen and oxygen atoms in total. The number of aliphatic hydroxyl groups is 1. The summed E-state index contributed by atoms with van der Waals surface area (Å²) in [6, 6.07) is 5.79. The fourth-order valence-electron chi connectivity index (χ4n) is 2.71. The monoisotopic (exact) mass is 277 g/mol. The van der Waals surface area contributed by atoms with Gasteiger partial charge in [-0.15, -0.1) is 0 Å². The maximum absolute atomic E-state index is 9.50. The van der Waals surface area contributed by atoms with Crippen LogP contribution in [-0.2, 0) is 13.2 Å². The molecule has 1 aromatic carbocycles. The normalized spacial score (nSPS) is 17.1. The summed E-state index contributed by atoms with van der Waals surface area (Å²) in [7, 11) is 0. The summed E-state index contributed by atoms with van der Waals surface area (Å²) >= 11 is 2.04. The van der Waals surface area contributed by atoms with Gasteiger partial charge in [0.2, 0.25) is 0 Å². The minimum atomic E-state index is -0.0178. The van der Waals surface area contributed by atoms with Crippen molar-refractivity contribution >= 4 is 28.5 Å². The Morgan fingerprint density at radius 1 is 1.37 bits per heavy atom. The van der Waals surface area contributed by atoms with Gasteiger partial charge in [0.05, 0.1) is 11.0 Å². The summed E-state index contributed by atoms with van der Waals surface area (Å²) in [4.78, 5) is 4.49. The third kappa shape index (κ3) is 2.58. The predicted molar refractivity (Wildman–Crippen MR) is 80.1 cm³/mol. The first kappa shape index (κ1) is 12.8. The van der Waals surface area contributed by atoms with Gasteiger partial charge in [-0.05, 0) is 48.5 Å². The standard InChI is InChI=1S/C14H19N3OS/c15-11-1-2-13-12(7-11)16-14(9-18)17(13)8-10-3-5-19-6-4-10/h1-2,7,10,18H,3-6,8-9,15H2. The molecule has 0 aliphatic carbocycles. The van der Waals surface area contributed by atoms with Gasteiger partial charge < -0.3 is 15.4 Å². The Balaban J connectivity index is 1.95. The second kappa shape index (κ2) is 5.43. The molecular formula is C14H19N3OS. The van der Waals surface area contributed by atoms with Gasteiger partial charge in [0.1, 0.15) is 12.4 Å². The van der Waals surface area contributed by atoms with Crippen LogP contribution < -0.4 is 5.73 Å². The van der Waals surface area contributed by atoms with E-state index in [1.807, 2.05) is 30.0 Å². The molecular weight excluding hydrogens is 258 g/mol. The minimum Gasteiger partial charge on any atom is -0.399 e. The van der Waals surface area contributed by atoms with Gasteiger partial charge in [0.15, 0.2) is 0 Å². The Morgan fingerprint density at radius 3 is 2.89 bits per heavy atom. The molecule has 19 heavy (non-hydrogen) atoms. The zero-order valence-electron chi connectivity index (χ0n) is 10.9. The molecule has 1 aliphatic rings. The fraction of sp³-hybridized carbons (Fsp3) is 0.500. The number of nitrogens with zero attached hydrogens (tertiary/aromatic N) is 2. The van der Waals surface area contributed by atoms with E-state index in [0.717, 1.165) is 29.1 Å². The highest BCUT2D eigenvalue weighted by atomic mass is 32.2. The van der Waals surface area contributed by atoms with Gasteiger partial charge in [0, 0.05) is 12.2 Å². The number of nitrogen functional groups attached to an aromatic ring is 1. The van der Waals surface area contributed by atoms with Crippen molar-refractivity contribution in [1.29, 1.82) is 0 Å². The SMILES string of the molecule is Nc1ccc2c(c1)nc(CO)n2CC1CCSCC1. The van der Waals surface area contributed by atoms with Gasteiger partial charge >= 0.3 is 0 Å². The summed E-state index contributed by atoms with van der Waals surface area (Å²) in [6.07, 6.45) is 2.51. The van der Waals surface area contributed by atoms with E-state index in [0.29, 0.717) is 5.92 Å². The molecule has 2 heterocycles. The second-order valence-electron chi connectivity index (χ2n) is 5.10. The molecule has 0 bridgehead atoms. The number of aromatic nitrogens is 2. The molecule has 0 spiro atoms. The molecule has 1 aromatic heterocycles. The number of thioether (sulfide) groups is 1.